The van der Waals surface area contributed by atoms with Gasteiger partial charge in [0, 0.05) is 31.4 Å². The highest BCUT2D eigenvalue weighted by atomic mass is 79.9. The summed E-state index contributed by atoms with van der Waals surface area (Å²) in [6, 6.07) is 1.94. The average Bonchev–Trinajstić information content (AvgIpc) is 2.26. The number of halogens is 2. The van der Waals surface area contributed by atoms with Gasteiger partial charge in [0.25, 0.3) is 0 Å². The van der Waals surface area contributed by atoms with Crippen LogP contribution in [0.5, 0.6) is 0 Å². The monoisotopic (exact) mass is 352 g/mol. The largest absolute Gasteiger partial charge is 0.382 e. The number of hydrogen-bond donors (Lipinski definition) is 1. The Labute approximate surface area is 112 Å². The third-order valence-corrected chi connectivity index (χ3v) is 3.03. The number of aromatic nitrogens is 1. The third-order valence-electron chi connectivity index (χ3n) is 1.99. The van der Waals surface area contributed by atoms with Crippen LogP contribution in [0.3, 0.4) is 0 Å². The van der Waals surface area contributed by atoms with Gasteiger partial charge in [-0.05, 0) is 37.9 Å². The van der Waals surface area contributed by atoms with Crippen molar-refractivity contribution in [1.29, 1.82) is 0 Å². The highest BCUT2D eigenvalue weighted by molar-refractivity contribution is 9.11. The fourth-order valence-electron chi connectivity index (χ4n) is 1.15. The SMILES string of the molecule is COCC(CNc1ncc(Br)cc1Br)OC. The minimum atomic E-state index is 0.0161. The lowest BCUT2D eigenvalue weighted by molar-refractivity contribution is 0.0365. The second kappa shape index (κ2) is 7.21. The molecule has 0 aromatic carbocycles. The van der Waals surface area contributed by atoms with Crippen LogP contribution in [0, 0.1) is 0 Å². The molecule has 1 rings (SSSR count). The molecule has 0 spiro atoms. The van der Waals surface area contributed by atoms with Gasteiger partial charge >= 0.3 is 0 Å². The number of nitrogens with one attached hydrogen (secondary N) is 1. The highest BCUT2D eigenvalue weighted by Crippen LogP contribution is 2.23. The zero-order chi connectivity index (χ0) is 12.0. The molecule has 0 aliphatic rings. The summed E-state index contributed by atoms with van der Waals surface area (Å²) in [6.45, 7) is 1.20. The van der Waals surface area contributed by atoms with E-state index < -0.39 is 0 Å². The summed E-state index contributed by atoms with van der Waals surface area (Å²) in [5.41, 5.74) is 0. The van der Waals surface area contributed by atoms with Crippen LogP contribution in [-0.4, -0.2) is 38.5 Å². The van der Waals surface area contributed by atoms with Crippen LogP contribution in [0.2, 0.25) is 0 Å². The number of anilines is 1. The van der Waals surface area contributed by atoms with Crippen LogP contribution in [0.4, 0.5) is 5.82 Å². The summed E-state index contributed by atoms with van der Waals surface area (Å²) in [5, 5.41) is 3.19. The molecule has 1 N–H and O–H groups in total. The van der Waals surface area contributed by atoms with E-state index in [1.807, 2.05) is 6.07 Å². The van der Waals surface area contributed by atoms with Crippen molar-refractivity contribution >= 4 is 37.7 Å². The Morgan fingerprint density at radius 1 is 1.44 bits per heavy atom. The first-order valence-corrected chi connectivity index (χ1v) is 6.32. The van der Waals surface area contributed by atoms with E-state index in [1.54, 1.807) is 20.4 Å². The number of methoxy groups -OCH3 is 2. The van der Waals surface area contributed by atoms with Gasteiger partial charge in [-0.25, -0.2) is 4.98 Å². The number of ether oxygens (including phenoxy) is 2. The first-order valence-electron chi connectivity index (χ1n) is 4.74. The Balaban J connectivity index is 2.53. The minimum Gasteiger partial charge on any atom is -0.382 e. The van der Waals surface area contributed by atoms with Crippen molar-refractivity contribution in [2.45, 2.75) is 6.10 Å². The zero-order valence-corrected chi connectivity index (χ0v) is 12.3. The number of rotatable bonds is 6. The summed E-state index contributed by atoms with van der Waals surface area (Å²) in [6.07, 6.45) is 1.76. The predicted octanol–water partition coefficient (Wildman–Crippen LogP) is 2.68. The van der Waals surface area contributed by atoms with Crippen molar-refractivity contribution in [3.63, 3.8) is 0 Å². The molecule has 90 valence electrons. The Morgan fingerprint density at radius 2 is 2.19 bits per heavy atom. The molecule has 16 heavy (non-hydrogen) atoms. The molecule has 0 saturated carbocycles. The molecule has 6 heteroatoms. The van der Waals surface area contributed by atoms with Crippen LogP contribution in [0.15, 0.2) is 21.2 Å². The molecule has 0 amide bonds. The molecule has 1 atom stereocenters. The molecule has 0 aliphatic heterocycles. The Kier molecular flexibility index (Phi) is 6.26. The van der Waals surface area contributed by atoms with Crippen LogP contribution >= 0.6 is 31.9 Å². The Morgan fingerprint density at radius 3 is 2.75 bits per heavy atom. The number of nitrogens with zero attached hydrogens (tertiary/aromatic N) is 1. The first-order chi connectivity index (χ1) is 7.67. The molecule has 0 radical (unpaired) electrons. The summed E-state index contributed by atoms with van der Waals surface area (Å²) >= 11 is 6.78. The van der Waals surface area contributed by atoms with E-state index in [9.17, 15) is 0 Å². The topological polar surface area (TPSA) is 43.4 Å². The summed E-state index contributed by atoms with van der Waals surface area (Å²) in [7, 11) is 3.31. The molecule has 0 aliphatic carbocycles. The molecule has 1 unspecified atom stereocenters. The molecular weight excluding hydrogens is 340 g/mol. The molecule has 4 nitrogen and oxygen atoms in total. The molecule has 1 aromatic heterocycles. The maximum atomic E-state index is 5.24. The van der Waals surface area contributed by atoms with E-state index in [0.717, 1.165) is 14.8 Å². The van der Waals surface area contributed by atoms with Gasteiger partial charge in [0.1, 0.15) is 5.82 Å². The lowest BCUT2D eigenvalue weighted by Gasteiger charge is -2.15. The summed E-state index contributed by atoms with van der Waals surface area (Å²) in [5.74, 6) is 0.793. The van der Waals surface area contributed by atoms with E-state index >= 15 is 0 Å². The van der Waals surface area contributed by atoms with E-state index in [2.05, 4.69) is 42.2 Å². The van der Waals surface area contributed by atoms with Gasteiger partial charge in [-0.1, -0.05) is 0 Å². The standard InChI is InChI=1S/C10H14Br2N2O2/c1-15-6-8(16-2)5-14-10-9(12)3-7(11)4-13-10/h3-4,8H,5-6H2,1-2H3,(H,13,14). The van der Waals surface area contributed by atoms with Gasteiger partial charge in [-0.2, -0.15) is 0 Å². The van der Waals surface area contributed by atoms with Gasteiger partial charge in [0.15, 0.2) is 0 Å². The second-order valence-electron chi connectivity index (χ2n) is 3.18. The van der Waals surface area contributed by atoms with Gasteiger partial charge < -0.3 is 14.8 Å². The van der Waals surface area contributed by atoms with Gasteiger partial charge in [0.2, 0.25) is 0 Å². The van der Waals surface area contributed by atoms with Crippen LogP contribution in [-0.2, 0) is 9.47 Å². The smallest absolute Gasteiger partial charge is 0.140 e. The van der Waals surface area contributed by atoms with E-state index in [4.69, 9.17) is 9.47 Å². The van der Waals surface area contributed by atoms with Crippen molar-refractivity contribution < 1.29 is 9.47 Å². The van der Waals surface area contributed by atoms with Crippen molar-refractivity contribution in [3.8, 4) is 0 Å². The fraction of sp³-hybridized carbons (Fsp3) is 0.500. The molecular formula is C10H14Br2N2O2. The van der Waals surface area contributed by atoms with E-state index in [-0.39, 0.29) is 6.10 Å². The van der Waals surface area contributed by atoms with E-state index in [1.165, 1.54) is 0 Å². The fourth-order valence-corrected chi connectivity index (χ4v) is 2.28. The quantitative estimate of drug-likeness (QED) is 0.853. The second-order valence-corrected chi connectivity index (χ2v) is 4.95. The molecule has 0 saturated heterocycles. The van der Waals surface area contributed by atoms with Crippen molar-refractivity contribution in [1.82, 2.24) is 4.98 Å². The van der Waals surface area contributed by atoms with Gasteiger partial charge in [-0.3, -0.25) is 0 Å². The third kappa shape index (κ3) is 4.37. The molecule has 1 heterocycles. The summed E-state index contributed by atoms with van der Waals surface area (Å²) < 4.78 is 12.1. The highest BCUT2D eigenvalue weighted by Gasteiger charge is 2.08. The van der Waals surface area contributed by atoms with Crippen molar-refractivity contribution in [2.24, 2.45) is 0 Å². The first kappa shape index (κ1) is 13.9. The Hall–Kier alpha value is -0.170. The molecule has 0 bridgehead atoms. The van der Waals surface area contributed by atoms with Crippen LogP contribution in [0.25, 0.3) is 0 Å². The van der Waals surface area contributed by atoms with E-state index in [0.29, 0.717) is 13.2 Å². The van der Waals surface area contributed by atoms with Crippen molar-refractivity contribution in [3.05, 3.63) is 21.2 Å². The number of pyridine rings is 1. The number of hydrogen-bond acceptors (Lipinski definition) is 4. The summed E-state index contributed by atoms with van der Waals surface area (Å²) in [4.78, 5) is 4.24. The lowest BCUT2D eigenvalue weighted by Crippen LogP contribution is -2.26. The normalized spacial score (nSPS) is 12.5. The average molecular weight is 354 g/mol. The minimum absolute atomic E-state index is 0.0161. The van der Waals surface area contributed by atoms with Crippen LogP contribution in [0.1, 0.15) is 0 Å². The Bertz CT molecular complexity index is 337. The van der Waals surface area contributed by atoms with Crippen molar-refractivity contribution in [2.75, 3.05) is 32.7 Å². The maximum absolute atomic E-state index is 5.24. The molecule has 1 aromatic rings. The predicted molar refractivity (Wildman–Crippen MR) is 70.8 cm³/mol. The maximum Gasteiger partial charge on any atom is 0.140 e. The zero-order valence-electron chi connectivity index (χ0n) is 9.17. The van der Waals surface area contributed by atoms with Gasteiger partial charge in [-0.15, -0.1) is 0 Å². The van der Waals surface area contributed by atoms with Gasteiger partial charge in [0.05, 0.1) is 17.2 Å². The lowest BCUT2D eigenvalue weighted by atomic mass is 10.3. The molecule has 0 fully saturated rings. The van der Waals surface area contributed by atoms with Crippen LogP contribution < -0.4 is 5.32 Å².